The molecule has 1 amide bonds. The molecule has 23 heavy (non-hydrogen) atoms. The van der Waals surface area contributed by atoms with Crippen molar-refractivity contribution in [3.8, 4) is 0 Å². The molecule has 2 aromatic rings. The Morgan fingerprint density at radius 1 is 1.35 bits per heavy atom. The maximum atomic E-state index is 12.5. The molecule has 1 aliphatic carbocycles. The van der Waals surface area contributed by atoms with Crippen molar-refractivity contribution in [2.75, 3.05) is 0 Å². The predicted octanol–water partition coefficient (Wildman–Crippen LogP) is 2.25. The molecule has 1 atom stereocenters. The summed E-state index contributed by atoms with van der Waals surface area (Å²) in [6.45, 7) is 5.53. The SMILES string of the molecule is Cc1cnc(C(NC(=O)C(=O)c2c(C)nn(C)c2C)C2CC2)s1. The Morgan fingerprint density at radius 2 is 2.04 bits per heavy atom. The minimum atomic E-state index is -0.575. The molecule has 0 saturated heterocycles. The molecule has 2 aromatic heterocycles. The van der Waals surface area contributed by atoms with Gasteiger partial charge in [0, 0.05) is 23.8 Å². The normalized spacial score (nSPS) is 15.5. The Balaban J connectivity index is 1.80. The Kier molecular flexibility index (Phi) is 4.06. The van der Waals surface area contributed by atoms with Crippen LogP contribution in [-0.2, 0) is 11.8 Å². The summed E-state index contributed by atoms with van der Waals surface area (Å²) in [5, 5.41) is 7.98. The summed E-state index contributed by atoms with van der Waals surface area (Å²) in [5.41, 5.74) is 1.68. The quantitative estimate of drug-likeness (QED) is 0.673. The maximum absolute atomic E-state index is 12.5. The van der Waals surface area contributed by atoms with Gasteiger partial charge in [0.25, 0.3) is 11.7 Å². The fourth-order valence-corrected chi connectivity index (χ4v) is 3.67. The predicted molar refractivity (Wildman–Crippen MR) is 87.5 cm³/mol. The molecular formula is C16H20N4O2S. The number of hydrogen-bond acceptors (Lipinski definition) is 5. The average Bonchev–Trinajstić information content (AvgIpc) is 3.19. The number of nitrogens with one attached hydrogen (secondary N) is 1. The molecule has 1 N–H and O–H groups in total. The summed E-state index contributed by atoms with van der Waals surface area (Å²) in [6, 6.07) is -0.164. The van der Waals surface area contributed by atoms with Gasteiger partial charge in [0.2, 0.25) is 0 Å². The molecule has 0 radical (unpaired) electrons. The van der Waals surface area contributed by atoms with Crippen LogP contribution >= 0.6 is 11.3 Å². The van der Waals surface area contributed by atoms with E-state index in [1.54, 1.807) is 43.1 Å². The fourth-order valence-electron chi connectivity index (χ4n) is 2.75. The average molecular weight is 332 g/mol. The van der Waals surface area contributed by atoms with Crippen molar-refractivity contribution < 1.29 is 9.59 Å². The zero-order valence-corrected chi connectivity index (χ0v) is 14.5. The third kappa shape index (κ3) is 3.06. The van der Waals surface area contributed by atoms with E-state index in [9.17, 15) is 9.59 Å². The summed E-state index contributed by atoms with van der Waals surface area (Å²) in [5.74, 6) is -0.714. The van der Waals surface area contributed by atoms with Crippen LogP contribution in [0.5, 0.6) is 0 Å². The molecule has 0 bridgehead atoms. The number of rotatable bonds is 5. The third-order valence-electron chi connectivity index (χ3n) is 4.23. The van der Waals surface area contributed by atoms with Gasteiger partial charge in [-0.05, 0) is 39.5 Å². The van der Waals surface area contributed by atoms with Crippen LogP contribution in [0.25, 0.3) is 0 Å². The van der Waals surface area contributed by atoms with Gasteiger partial charge in [0.1, 0.15) is 5.01 Å². The molecular weight excluding hydrogens is 312 g/mol. The molecule has 0 spiro atoms. The number of aromatic nitrogens is 3. The Hall–Kier alpha value is -2.02. The van der Waals surface area contributed by atoms with Gasteiger partial charge in [0.05, 0.1) is 17.3 Å². The molecule has 3 rings (SSSR count). The van der Waals surface area contributed by atoms with Crippen molar-refractivity contribution in [2.24, 2.45) is 13.0 Å². The summed E-state index contributed by atoms with van der Waals surface area (Å²) >= 11 is 1.57. The second-order valence-corrected chi connectivity index (χ2v) is 7.36. The highest BCUT2D eigenvalue weighted by Crippen LogP contribution is 2.42. The zero-order valence-electron chi connectivity index (χ0n) is 13.7. The number of ketones is 1. The highest BCUT2D eigenvalue weighted by Gasteiger charge is 2.37. The number of Topliss-reactive ketones (excluding diaryl/α,β-unsaturated/α-hetero) is 1. The van der Waals surface area contributed by atoms with Gasteiger partial charge in [0.15, 0.2) is 0 Å². The van der Waals surface area contributed by atoms with Crippen LogP contribution < -0.4 is 5.32 Å². The van der Waals surface area contributed by atoms with E-state index >= 15 is 0 Å². The first-order valence-electron chi connectivity index (χ1n) is 7.66. The van der Waals surface area contributed by atoms with Gasteiger partial charge < -0.3 is 5.32 Å². The van der Waals surface area contributed by atoms with Crippen molar-refractivity contribution >= 4 is 23.0 Å². The first-order chi connectivity index (χ1) is 10.9. The van der Waals surface area contributed by atoms with Gasteiger partial charge in [-0.3, -0.25) is 14.3 Å². The summed E-state index contributed by atoms with van der Waals surface area (Å²) < 4.78 is 1.62. The number of amides is 1. The van der Waals surface area contributed by atoms with Crippen molar-refractivity contribution in [1.29, 1.82) is 0 Å². The maximum Gasteiger partial charge on any atom is 0.293 e. The smallest absolute Gasteiger partial charge is 0.293 e. The van der Waals surface area contributed by atoms with E-state index in [1.807, 2.05) is 6.92 Å². The molecule has 0 aliphatic heterocycles. The van der Waals surface area contributed by atoms with Crippen LogP contribution in [0.4, 0.5) is 0 Å². The van der Waals surface area contributed by atoms with Gasteiger partial charge in [-0.2, -0.15) is 5.10 Å². The summed E-state index contributed by atoms with van der Waals surface area (Å²) in [4.78, 5) is 30.5. The number of thiazole rings is 1. The third-order valence-corrected chi connectivity index (χ3v) is 5.22. The number of hydrogen-bond donors (Lipinski definition) is 1. The zero-order chi connectivity index (χ0) is 16.7. The Labute approximate surface area is 138 Å². The van der Waals surface area contributed by atoms with Crippen LogP contribution in [-0.4, -0.2) is 26.5 Å². The Morgan fingerprint density at radius 3 is 2.52 bits per heavy atom. The standard InChI is InChI=1S/C16H20N4O2S/c1-8-7-17-16(23-8)13(11-5-6-11)18-15(22)14(21)12-9(2)19-20(4)10(12)3/h7,11,13H,5-6H2,1-4H3,(H,18,22). The molecule has 6 nitrogen and oxygen atoms in total. The Bertz CT molecular complexity index is 773. The summed E-state index contributed by atoms with van der Waals surface area (Å²) in [7, 11) is 1.77. The first-order valence-corrected chi connectivity index (χ1v) is 8.48. The van der Waals surface area contributed by atoms with Crippen molar-refractivity contribution in [1.82, 2.24) is 20.1 Å². The van der Waals surface area contributed by atoms with E-state index < -0.39 is 11.7 Å². The van der Waals surface area contributed by atoms with Gasteiger partial charge >= 0.3 is 0 Å². The summed E-state index contributed by atoms with van der Waals surface area (Å²) in [6.07, 6.45) is 3.92. The van der Waals surface area contributed by atoms with Gasteiger partial charge in [-0.15, -0.1) is 11.3 Å². The van der Waals surface area contributed by atoms with E-state index in [2.05, 4.69) is 15.4 Å². The lowest BCUT2D eigenvalue weighted by Crippen LogP contribution is -2.35. The molecule has 1 saturated carbocycles. The van der Waals surface area contributed by atoms with Crippen LogP contribution in [0.1, 0.15) is 50.5 Å². The lowest BCUT2D eigenvalue weighted by molar-refractivity contribution is -0.117. The largest absolute Gasteiger partial charge is 0.340 e. The molecule has 1 aliphatic rings. The molecule has 122 valence electrons. The molecule has 2 heterocycles. The lowest BCUT2D eigenvalue weighted by Gasteiger charge is -2.15. The molecule has 0 aromatic carbocycles. The highest BCUT2D eigenvalue weighted by atomic mass is 32.1. The van der Waals surface area contributed by atoms with E-state index in [0.29, 0.717) is 22.9 Å². The van der Waals surface area contributed by atoms with E-state index in [0.717, 1.165) is 22.7 Å². The van der Waals surface area contributed by atoms with Crippen molar-refractivity contribution in [2.45, 2.75) is 39.7 Å². The molecule has 1 unspecified atom stereocenters. The number of aryl methyl sites for hydroxylation is 3. The highest BCUT2D eigenvalue weighted by molar-refractivity contribution is 7.11. The van der Waals surface area contributed by atoms with E-state index in [-0.39, 0.29) is 6.04 Å². The minimum absolute atomic E-state index is 0.164. The fraction of sp³-hybridized carbons (Fsp3) is 0.500. The first kappa shape index (κ1) is 15.9. The lowest BCUT2D eigenvalue weighted by atomic mass is 10.1. The second kappa shape index (κ2) is 5.88. The van der Waals surface area contributed by atoms with E-state index in [4.69, 9.17) is 0 Å². The topological polar surface area (TPSA) is 76.9 Å². The van der Waals surface area contributed by atoms with Crippen LogP contribution in [0.3, 0.4) is 0 Å². The van der Waals surface area contributed by atoms with Gasteiger partial charge in [-0.25, -0.2) is 4.98 Å². The van der Waals surface area contributed by atoms with Crippen LogP contribution in [0, 0.1) is 26.7 Å². The monoisotopic (exact) mass is 332 g/mol. The minimum Gasteiger partial charge on any atom is -0.340 e. The molecule has 1 fully saturated rings. The molecule has 7 heteroatoms. The number of carbonyl (C=O) groups is 2. The van der Waals surface area contributed by atoms with Crippen LogP contribution in [0.2, 0.25) is 0 Å². The van der Waals surface area contributed by atoms with Crippen LogP contribution in [0.15, 0.2) is 6.20 Å². The number of carbonyl (C=O) groups excluding carboxylic acids is 2. The van der Waals surface area contributed by atoms with E-state index in [1.165, 1.54) is 0 Å². The number of nitrogens with zero attached hydrogens (tertiary/aromatic N) is 3. The second-order valence-electron chi connectivity index (χ2n) is 6.10. The van der Waals surface area contributed by atoms with Crippen molar-refractivity contribution in [3.05, 3.63) is 33.0 Å². The van der Waals surface area contributed by atoms with Gasteiger partial charge in [-0.1, -0.05) is 0 Å². The van der Waals surface area contributed by atoms with Crippen molar-refractivity contribution in [3.63, 3.8) is 0 Å².